The molecule has 2 N–H and O–H groups in total. The minimum atomic E-state index is -0.280. The molecule has 1 saturated heterocycles. The highest BCUT2D eigenvalue weighted by Gasteiger charge is 2.33. The van der Waals surface area contributed by atoms with Gasteiger partial charge in [0.05, 0.1) is 24.4 Å². The van der Waals surface area contributed by atoms with Crippen LogP contribution in [0.5, 0.6) is 11.5 Å². The molecule has 1 aliphatic rings. The molecule has 6 nitrogen and oxygen atoms in total. The number of fused-ring (bicyclic) bond motifs is 1. The molecule has 0 amide bonds. The van der Waals surface area contributed by atoms with Crippen molar-refractivity contribution in [3.63, 3.8) is 0 Å². The van der Waals surface area contributed by atoms with Crippen LogP contribution in [0.2, 0.25) is 0 Å². The monoisotopic (exact) mass is 398 g/mol. The predicted molar refractivity (Wildman–Crippen MR) is 111 cm³/mol. The molecule has 2 atom stereocenters. The Balaban J connectivity index is 1.66. The lowest BCUT2D eigenvalue weighted by molar-refractivity contribution is -0.0254. The summed E-state index contributed by atoms with van der Waals surface area (Å²) in [6.45, 7) is 4.65. The Bertz CT molecular complexity index is 961. The van der Waals surface area contributed by atoms with Crippen molar-refractivity contribution in [1.82, 2.24) is 20.4 Å². The Morgan fingerprint density at radius 3 is 2.86 bits per heavy atom. The lowest BCUT2D eigenvalue weighted by atomic mass is 10.0. The first-order valence-corrected chi connectivity index (χ1v) is 10.1. The molecule has 0 spiro atoms. The maximum atomic E-state index is 13.6. The number of benzene rings is 2. The van der Waals surface area contributed by atoms with Crippen LogP contribution in [0.4, 0.5) is 4.39 Å². The number of halogens is 1. The molecule has 1 aliphatic heterocycles. The van der Waals surface area contributed by atoms with Gasteiger partial charge in [-0.3, -0.25) is 10.00 Å². The summed E-state index contributed by atoms with van der Waals surface area (Å²) in [7, 11) is 1.65. The molecule has 2 heterocycles. The van der Waals surface area contributed by atoms with Gasteiger partial charge in [-0.15, -0.1) is 0 Å². The first kappa shape index (κ1) is 19.7. The maximum absolute atomic E-state index is 13.6. The van der Waals surface area contributed by atoms with Crippen LogP contribution >= 0.6 is 0 Å². The highest BCUT2D eigenvalue weighted by atomic mass is 19.1. The van der Waals surface area contributed by atoms with Crippen LogP contribution in [0.25, 0.3) is 10.9 Å². The third-order valence-electron chi connectivity index (χ3n) is 5.40. The van der Waals surface area contributed by atoms with Crippen molar-refractivity contribution < 1.29 is 13.9 Å². The zero-order chi connectivity index (χ0) is 20.2. The number of nitrogens with zero attached hydrogens (tertiary/aromatic N) is 2. The summed E-state index contributed by atoms with van der Waals surface area (Å²) in [4.78, 5) is 2.36. The predicted octanol–water partition coefficient (Wildman–Crippen LogP) is 3.86. The Labute approximate surface area is 170 Å². The smallest absolute Gasteiger partial charge is 0.163 e. The third kappa shape index (κ3) is 4.06. The zero-order valence-corrected chi connectivity index (χ0v) is 16.8. The van der Waals surface area contributed by atoms with Crippen LogP contribution in [0.15, 0.2) is 42.5 Å². The molecule has 1 aromatic heterocycles. The summed E-state index contributed by atoms with van der Waals surface area (Å²) in [5.41, 5.74) is 1.63. The fraction of sp³-hybridized carbons (Fsp3) is 0.409. The zero-order valence-electron chi connectivity index (χ0n) is 16.8. The summed E-state index contributed by atoms with van der Waals surface area (Å²) in [5.74, 6) is 1.18. The van der Waals surface area contributed by atoms with E-state index in [2.05, 4.69) is 27.3 Å². The van der Waals surface area contributed by atoms with E-state index in [9.17, 15) is 4.39 Å². The third-order valence-corrected chi connectivity index (χ3v) is 5.40. The van der Waals surface area contributed by atoms with Crippen molar-refractivity contribution in [3.8, 4) is 11.5 Å². The number of aromatic nitrogens is 2. The van der Waals surface area contributed by atoms with Gasteiger partial charge >= 0.3 is 0 Å². The standard InChI is InChI=1S/C22H27FN4O2/c1-3-6-21(29-20-8-5-4-7-19(20)28-2)27-12-11-24-14-18(27)22-16-10-9-15(23)13-17(16)25-26-22/h4-5,7-10,13,18,21,24H,3,6,11-12,14H2,1-2H3,(H,25,26). The van der Waals surface area contributed by atoms with Gasteiger partial charge in [-0.25, -0.2) is 4.39 Å². The summed E-state index contributed by atoms with van der Waals surface area (Å²) < 4.78 is 25.5. The second-order valence-corrected chi connectivity index (χ2v) is 7.27. The van der Waals surface area contributed by atoms with Gasteiger partial charge < -0.3 is 14.8 Å². The van der Waals surface area contributed by atoms with Crippen LogP contribution in [0, 0.1) is 5.82 Å². The fourth-order valence-corrected chi connectivity index (χ4v) is 3.99. The van der Waals surface area contributed by atoms with Gasteiger partial charge in [0.1, 0.15) is 5.82 Å². The van der Waals surface area contributed by atoms with Gasteiger partial charge in [-0.2, -0.15) is 5.10 Å². The van der Waals surface area contributed by atoms with E-state index >= 15 is 0 Å². The van der Waals surface area contributed by atoms with Crippen LogP contribution in [0.1, 0.15) is 31.5 Å². The minimum absolute atomic E-state index is 0.0467. The fourth-order valence-electron chi connectivity index (χ4n) is 3.99. The molecule has 2 unspecified atom stereocenters. The SMILES string of the molecule is CCCC(Oc1ccccc1OC)N1CCNCC1c1[nH]nc2cc(F)ccc12. The number of H-pyrrole nitrogens is 1. The molecule has 4 rings (SSSR count). The Hall–Kier alpha value is -2.64. The van der Waals surface area contributed by atoms with Crippen LogP contribution in [-0.2, 0) is 0 Å². The van der Waals surface area contributed by atoms with E-state index in [0.717, 1.165) is 55.1 Å². The molecule has 1 fully saturated rings. The second-order valence-electron chi connectivity index (χ2n) is 7.27. The lowest BCUT2D eigenvalue weighted by Crippen LogP contribution is -2.52. The van der Waals surface area contributed by atoms with E-state index in [0.29, 0.717) is 5.52 Å². The van der Waals surface area contributed by atoms with E-state index < -0.39 is 0 Å². The molecule has 29 heavy (non-hydrogen) atoms. The molecule has 7 heteroatoms. The quantitative estimate of drug-likeness (QED) is 0.633. The van der Waals surface area contributed by atoms with Crippen LogP contribution in [-0.4, -0.2) is 48.1 Å². The minimum Gasteiger partial charge on any atom is -0.493 e. The van der Waals surface area contributed by atoms with E-state index in [4.69, 9.17) is 9.47 Å². The average molecular weight is 398 g/mol. The lowest BCUT2D eigenvalue weighted by Gasteiger charge is -2.41. The molecular weight excluding hydrogens is 371 g/mol. The van der Waals surface area contributed by atoms with Crippen LogP contribution < -0.4 is 14.8 Å². The Morgan fingerprint density at radius 2 is 2.07 bits per heavy atom. The van der Waals surface area contributed by atoms with Crippen molar-refractivity contribution in [2.75, 3.05) is 26.7 Å². The molecule has 0 aliphatic carbocycles. The number of nitrogens with one attached hydrogen (secondary N) is 2. The normalized spacial score (nSPS) is 18.7. The molecular formula is C22H27FN4O2. The van der Waals surface area contributed by atoms with Gasteiger partial charge in [0.25, 0.3) is 0 Å². The highest BCUT2D eigenvalue weighted by Crippen LogP contribution is 2.33. The van der Waals surface area contributed by atoms with Gasteiger partial charge in [-0.05, 0) is 30.7 Å². The molecule has 0 bridgehead atoms. The van der Waals surface area contributed by atoms with Gasteiger partial charge in [-0.1, -0.05) is 25.5 Å². The summed E-state index contributed by atoms with van der Waals surface area (Å²) in [5, 5.41) is 11.9. The van der Waals surface area contributed by atoms with E-state index in [1.54, 1.807) is 13.2 Å². The van der Waals surface area contributed by atoms with Gasteiger partial charge in [0, 0.05) is 31.1 Å². The summed E-state index contributed by atoms with van der Waals surface area (Å²) in [6.07, 6.45) is 1.77. The highest BCUT2D eigenvalue weighted by molar-refractivity contribution is 5.81. The number of aromatic amines is 1. The van der Waals surface area contributed by atoms with Crippen molar-refractivity contribution in [3.05, 3.63) is 54.0 Å². The number of methoxy groups -OCH3 is 1. The number of rotatable bonds is 7. The topological polar surface area (TPSA) is 62.4 Å². The summed E-state index contributed by atoms with van der Waals surface area (Å²) >= 11 is 0. The number of hydrogen-bond acceptors (Lipinski definition) is 5. The van der Waals surface area contributed by atoms with E-state index in [1.807, 2.05) is 24.3 Å². The molecule has 3 aromatic rings. The average Bonchev–Trinajstić information content (AvgIpc) is 3.16. The van der Waals surface area contributed by atoms with Crippen molar-refractivity contribution in [2.45, 2.75) is 32.0 Å². The van der Waals surface area contributed by atoms with Crippen molar-refractivity contribution in [2.24, 2.45) is 0 Å². The molecule has 0 radical (unpaired) electrons. The number of piperazine rings is 1. The van der Waals surface area contributed by atoms with E-state index in [-0.39, 0.29) is 18.1 Å². The Kier molecular flexibility index (Phi) is 5.97. The largest absolute Gasteiger partial charge is 0.493 e. The first-order chi connectivity index (χ1) is 14.2. The van der Waals surface area contributed by atoms with Crippen molar-refractivity contribution >= 4 is 10.9 Å². The first-order valence-electron chi connectivity index (χ1n) is 10.1. The molecule has 154 valence electrons. The maximum Gasteiger partial charge on any atom is 0.163 e. The van der Waals surface area contributed by atoms with E-state index in [1.165, 1.54) is 12.1 Å². The van der Waals surface area contributed by atoms with Crippen molar-refractivity contribution in [1.29, 1.82) is 0 Å². The number of ether oxygens (including phenoxy) is 2. The van der Waals surface area contributed by atoms with Gasteiger partial charge in [0.15, 0.2) is 17.7 Å². The number of para-hydroxylation sites is 2. The second kappa shape index (κ2) is 8.80. The number of hydrogen-bond donors (Lipinski definition) is 2. The molecule has 2 aromatic carbocycles. The van der Waals surface area contributed by atoms with Gasteiger partial charge in [0.2, 0.25) is 0 Å². The Morgan fingerprint density at radius 1 is 1.24 bits per heavy atom. The molecule has 0 saturated carbocycles. The summed E-state index contributed by atoms with van der Waals surface area (Å²) in [6, 6.07) is 12.5. The van der Waals surface area contributed by atoms with Crippen LogP contribution in [0.3, 0.4) is 0 Å².